The molecule has 3 rings (SSSR count). The molecule has 0 aliphatic rings. The van der Waals surface area contributed by atoms with E-state index in [1.54, 1.807) is 26.3 Å². The predicted octanol–water partition coefficient (Wildman–Crippen LogP) is 5.10. The Balaban J connectivity index is 1.76. The zero-order valence-electron chi connectivity index (χ0n) is 24.4. The minimum absolute atomic E-state index is 0.0436. The van der Waals surface area contributed by atoms with Crippen LogP contribution in [0.3, 0.4) is 0 Å². The number of carbonyl (C=O) groups is 2. The molecule has 0 radical (unpaired) electrons. The summed E-state index contributed by atoms with van der Waals surface area (Å²) in [5, 5.41) is 16.8. The van der Waals surface area contributed by atoms with Crippen LogP contribution >= 0.6 is 11.3 Å². The number of carbonyl (C=O) groups excluding carboxylic acids is 1. The summed E-state index contributed by atoms with van der Waals surface area (Å²) < 4.78 is 22.2. The molecule has 2 amide bonds. The van der Waals surface area contributed by atoms with Crippen LogP contribution in [0, 0.1) is 0 Å². The lowest BCUT2D eigenvalue weighted by Crippen LogP contribution is -2.39. The number of thiazole rings is 1. The van der Waals surface area contributed by atoms with Crippen molar-refractivity contribution in [3.05, 3.63) is 34.8 Å². The van der Waals surface area contributed by atoms with E-state index < -0.39 is 12.0 Å². The van der Waals surface area contributed by atoms with Gasteiger partial charge in [-0.05, 0) is 37.0 Å². The van der Waals surface area contributed by atoms with E-state index in [4.69, 9.17) is 18.9 Å². The van der Waals surface area contributed by atoms with Crippen molar-refractivity contribution in [3.8, 4) is 28.5 Å². The Kier molecular flexibility index (Phi) is 10.2. The SMILES string of the molecule is COc1ccc(C(C)(C)C)cc1Oc1nc(C(=O)Nc2c(OC)nc(NCCN(C(=O)O)C(C)C)nc2OC)cs1. The van der Waals surface area contributed by atoms with Gasteiger partial charge in [0.05, 0.1) is 21.3 Å². The molecule has 3 N–H and O–H groups in total. The quantitative estimate of drug-likeness (QED) is 0.258. The third-order valence-corrected chi connectivity index (χ3v) is 6.63. The number of hydrogen-bond acceptors (Lipinski definition) is 11. The summed E-state index contributed by atoms with van der Waals surface area (Å²) in [4.78, 5) is 38.6. The second-order valence-electron chi connectivity index (χ2n) is 10.1. The number of nitrogens with one attached hydrogen (secondary N) is 2. The van der Waals surface area contributed by atoms with Gasteiger partial charge in [0.15, 0.2) is 17.2 Å². The van der Waals surface area contributed by atoms with Gasteiger partial charge < -0.3 is 39.6 Å². The van der Waals surface area contributed by atoms with E-state index in [0.717, 1.165) is 16.9 Å². The average Bonchev–Trinajstić information content (AvgIpc) is 3.39. The summed E-state index contributed by atoms with van der Waals surface area (Å²) in [5.41, 5.74) is 1.16. The van der Waals surface area contributed by atoms with Crippen LogP contribution in [0.15, 0.2) is 23.6 Å². The van der Waals surface area contributed by atoms with Crippen molar-refractivity contribution in [3.63, 3.8) is 0 Å². The summed E-state index contributed by atoms with van der Waals surface area (Å²) in [5.74, 6) is 0.701. The maximum Gasteiger partial charge on any atom is 0.407 e. The molecule has 3 aromatic rings. The molecule has 0 aliphatic carbocycles. The number of amides is 2. The standard InChI is InChI=1S/C27H36N6O7S/c1-15(2)33(26(35)36)12-11-28-24-31-22(38-7)20(23(32-24)39-8)30-21(34)17-14-41-25(29-17)40-19-13-16(27(3,4)5)9-10-18(19)37-6/h9-10,13-15H,11-12H2,1-8H3,(H,30,34)(H,35,36)(H,28,31,32). The molecular weight excluding hydrogens is 552 g/mol. The normalized spacial score (nSPS) is 11.1. The summed E-state index contributed by atoms with van der Waals surface area (Å²) in [6.45, 7) is 10.3. The van der Waals surface area contributed by atoms with Crippen molar-refractivity contribution < 1.29 is 33.6 Å². The Hall–Kier alpha value is -4.33. The van der Waals surface area contributed by atoms with Gasteiger partial charge in [0.25, 0.3) is 11.1 Å². The van der Waals surface area contributed by atoms with Gasteiger partial charge in [-0.2, -0.15) is 15.0 Å². The molecule has 1 aromatic carbocycles. The van der Waals surface area contributed by atoms with E-state index in [0.29, 0.717) is 11.5 Å². The van der Waals surface area contributed by atoms with E-state index in [9.17, 15) is 14.7 Å². The first-order valence-electron chi connectivity index (χ1n) is 12.7. The van der Waals surface area contributed by atoms with Crippen LogP contribution in [0.2, 0.25) is 0 Å². The molecule has 222 valence electrons. The average molecular weight is 589 g/mol. The lowest BCUT2D eigenvalue weighted by molar-refractivity contribution is 0.102. The van der Waals surface area contributed by atoms with Gasteiger partial charge in [-0.1, -0.05) is 38.2 Å². The Morgan fingerprint density at radius 1 is 1.02 bits per heavy atom. The number of hydrogen-bond donors (Lipinski definition) is 3. The molecule has 0 saturated heterocycles. The smallest absolute Gasteiger partial charge is 0.407 e. The van der Waals surface area contributed by atoms with Crippen LogP contribution in [0.25, 0.3) is 0 Å². The van der Waals surface area contributed by atoms with Crippen molar-refractivity contribution in [1.82, 2.24) is 19.9 Å². The van der Waals surface area contributed by atoms with Gasteiger partial charge in [0.1, 0.15) is 5.69 Å². The summed E-state index contributed by atoms with van der Waals surface area (Å²) in [6.07, 6.45) is -1.02. The second kappa shape index (κ2) is 13.4. The number of nitrogens with zero attached hydrogens (tertiary/aromatic N) is 4. The van der Waals surface area contributed by atoms with E-state index in [-0.39, 0.29) is 58.8 Å². The lowest BCUT2D eigenvalue weighted by atomic mass is 9.87. The van der Waals surface area contributed by atoms with Gasteiger partial charge in [-0.3, -0.25) is 4.79 Å². The zero-order valence-corrected chi connectivity index (χ0v) is 25.2. The highest BCUT2D eigenvalue weighted by atomic mass is 32.1. The van der Waals surface area contributed by atoms with Gasteiger partial charge in [0.2, 0.25) is 17.7 Å². The predicted molar refractivity (Wildman–Crippen MR) is 155 cm³/mol. The van der Waals surface area contributed by atoms with E-state index >= 15 is 0 Å². The first-order valence-corrected chi connectivity index (χ1v) is 13.6. The molecule has 0 saturated carbocycles. The van der Waals surface area contributed by atoms with Gasteiger partial charge in [-0.25, -0.2) is 4.79 Å². The summed E-state index contributed by atoms with van der Waals surface area (Å²) >= 11 is 1.15. The first-order chi connectivity index (χ1) is 19.4. The van der Waals surface area contributed by atoms with Crippen molar-refractivity contribution in [2.75, 3.05) is 45.1 Å². The Morgan fingerprint density at radius 3 is 2.22 bits per heavy atom. The highest BCUT2D eigenvalue weighted by Gasteiger charge is 2.23. The molecule has 0 unspecified atom stereocenters. The second-order valence-corrected chi connectivity index (χ2v) is 10.9. The fraction of sp³-hybridized carbons (Fsp3) is 0.444. The van der Waals surface area contributed by atoms with E-state index in [2.05, 4.69) is 46.4 Å². The van der Waals surface area contributed by atoms with Crippen LogP contribution in [0.1, 0.15) is 50.7 Å². The Labute approximate surface area is 242 Å². The number of ether oxygens (including phenoxy) is 4. The first kappa shape index (κ1) is 31.2. The number of aromatic nitrogens is 3. The molecule has 14 heteroatoms. The van der Waals surface area contributed by atoms with Crippen LogP contribution in [0.4, 0.5) is 16.4 Å². The molecule has 2 heterocycles. The third kappa shape index (κ3) is 7.87. The monoisotopic (exact) mass is 588 g/mol. The number of carboxylic acid groups (broad SMARTS) is 1. The van der Waals surface area contributed by atoms with Crippen molar-refractivity contribution in [1.29, 1.82) is 0 Å². The minimum Gasteiger partial charge on any atom is -0.493 e. The Morgan fingerprint density at radius 2 is 1.68 bits per heavy atom. The maximum atomic E-state index is 13.1. The van der Waals surface area contributed by atoms with E-state index in [1.165, 1.54) is 19.1 Å². The van der Waals surface area contributed by atoms with Crippen molar-refractivity contribution in [2.45, 2.75) is 46.1 Å². The van der Waals surface area contributed by atoms with Crippen molar-refractivity contribution >= 4 is 35.0 Å². The number of anilines is 2. The molecule has 0 aliphatic heterocycles. The topological polar surface area (TPSA) is 157 Å². The highest BCUT2D eigenvalue weighted by molar-refractivity contribution is 7.11. The molecule has 41 heavy (non-hydrogen) atoms. The maximum absolute atomic E-state index is 13.1. The highest BCUT2D eigenvalue weighted by Crippen LogP contribution is 2.37. The lowest BCUT2D eigenvalue weighted by Gasteiger charge is -2.23. The van der Waals surface area contributed by atoms with Crippen LogP contribution in [0.5, 0.6) is 28.5 Å². The van der Waals surface area contributed by atoms with Crippen LogP contribution in [-0.4, -0.2) is 77.4 Å². The van der Waals surface area contributed by atoms with Crippen molar-refractivity contribution in [2.24, 2.45) is 0 Å². The van der Waals surface area contributed by atoms with Gasteiger partial charge in [-0.15, -0.1) is 0 Å². The van der Waals surface area contributed by atoms with Gasteiger partial charge in [0, 0.05) is 24.5 Å². The fourth-order valence-electron chi connectivity index (χ4n) is 3.67. The molecule has 0 fully saturated rings. The molecule has 0 bridgehead atoms. The molecule has 2 aromatic heterocycles. The molecule has 0 atom stereocenters. The fourth-order valence-corrected chi connectivity index (χ4v) is 4.33. The zero-order chi connectivity index (χ0) is 30.3. The molecule has 0 spiro atoms. The van der Waals surface area contributed by atoms with E-state index in [1.807, 2.05) is 18.2 Å². The largest absolute Gasteiger partial charge is 0.493 e. The van der Waals surface area contributed by atoms with Crippen LogP contribution < -0.4 is 29.6 Å². The third-order valence-electron chi connectivity index (χ3n) is 5.92. The minimum atomic E-state index is -1.02. The number of methoxy groups -OCH3 is 3. The Bertz CT molecular complexity index is 1350. The summed E-state index contributed by atoms with van der Waals surface area (Å²) in [6, 6.07) is 5.52. The van der Waals surface area contributed by atoms with Gasteiger partial charge >= 0.3 is 6.09 Å². The summed E-state index contributed by atoms with van der Waals surface area (Å²) in [7, 11) is 4.33. The molecule has 13 nitrogen and oxygen atoms in total. The number of rotatable bonds is 12. The molecular formula is C27H36N6O7S. The number of benzene rings is 1. The van der Waals surface area contributed by atoms with Crippen LogP contribution in [-0.2, 0) is 5.41 Å².